The van der Waals surface area contributed by atoms with Crippen LogP contribution in [-0.2, 0) is 10.3 Å². The fraction of sp³-hybridized carbons (Fsp3) is 0.0714. The van der Waals surface area contributed by atoms with Crippen molar-refractivity contribution >= 4 is 25.9 Å². The molecule has 0 atom stereocenters. The van der Waals surface area contributed by atoms with Gasteiger partial charge in [-0.2, -0.15) is 0 Å². The molecule has 2 aromatic carbocycles. The quantitative estimate of drug-likeness (QED) is 0.865. The topological polar surface area (TPSA) is 46.2 Å². The maximum absolute atomic E-state index is 11.8. The van der Waals surface area contributed by atoms with Crippen LogP contribution in [0, 0.1) is 0 Å². The van der Waals surface area contributed by atoms with Gasteiger partial charge in [-0.1, -0.05) is 0 Å². The SMILES string of the molecule is O=[As]c1ccc(C(=O)NCc2ccccc2)cc1. The average molecular weight is 301 g/mol. The molecule has 0 aliphatic rings. The summed E-state index contributed by atoms with van der Waals surface area (Å²) in [4.78, 5) is 11.8. The maximum atomic E-state index is 11.8. The molecule has 1 N–H and O–H groups in total. The van der Waals surface area contributed by atoms with Crippen molar-refractivity contribution in [2.75, 3.05) is 0 Å². The Hall–Kier alpha value is -1.73. The summed E-state index contributed by atoms with van der Waals surface area (Å²) in [7, 11) is 0. The standard InChI is InChI=1S/C14H12AsNO2/c17-14(12-6-8-13(15-18)9-7-12)16-10-11-4-2-1-3-5-11/h1-9H,10H2,(H,16,17). The van der Waals surface area contributed by atoms with Crippen molar-refractivity contribution in [1.82, 2.24) is 5.32 Å². The number of rotatable bonds is 4. The van der Waals surface area contributed by atoms with Crippen molar-refractivity contribution in [3.05, 3.63) is 65.7 Å². The molecule has 0 radical (unpaired) electrons. The van der Waals surface area contributed by atoms with E-state index in [-0.39, 0.29) is 5.91 Å². The zero-order chi connectivity index (χ0) is 12.8. The summed E-state index contributed by atoms with van der Waals surface area (Å²) in [5, 5.41) is 2.84. The van der Waals surface area contributed by atoms with E-state index < -0.39 is 15.7 Å². The van der Waals surface area contributed by atoms with Gasteiger partial charge in [0, 0.05) is 0 Å². The van der Waals surface area contributed by atoms with Gasteiger partial charge in [0.25, 0.3) is 0 Å². The van der Waals surface area contributed by atoms with E-state index in [1.807, 2.05) is 30.3 Å². The van der Waals surface area contributed by atoms with E-state index in [1.165, 1.54) is 0 Å². The molecule has 3 nitrogen and oxygen atoms in total. The Labute approximate surface area is 112 Å². The minimum absolute atomic E-state index is 0.118. The van der Waals surface area contributed by atoms with E-state index >= 15 is 0 Å². The average Bonchev–Trinajstić information content (AvgIpc) is 2.46. The van der Waals surface area contributed by atoms with E-state index in [9.17, 15) is 8.53 Å². The van der Waals surface area contributed by atoms with Crippen molar-refractivity contribution in [1.29, 1.82) is 0 Å². The number of carbonyl (C=O) groups excluding carboxylic acids is 1. The summed E-state index contributed by atoms with van der Waals surface area (Å²) in [6.07, 6.45) is 0. The van der Waals surface area contributed by atoms with E-state index in [1.54, 1.807) is 24.3 Å². The first-order valence-corrected chi connectivity index (χ1v) is 7.25. The number of carbonyl (C=O) groups is 1. The summed E-state index contributed by atoms with van der Waals surface area (Å²) in [6.45, 7) is 0.509. The second-order valence-corrected chi connectivity index (χ2v) is 5.27. The van der Waals surface area contributed by atoms with Crippen molar-refractivity contribution in [2.24, 2.45) is 0 Å². The molecule has 0 unspecified atom stereocenters. The van der Waals surface area contributed by atoms with Crippen LogP contribution < -0.4 is 9.67 Å². The Morgan fingerprint density at radius 2 is 1.67 bits per heavy atom. The first-order chi connectivity index (χ1) is 8.79. The van der Waals surface area contributed by atoms with Crippen LogP contribution in [0.15, 0.2) is 54.6 Å². The zero-order valence-electron chi connectivity index (χ0n) is 9.67. The number of hydrogen-bond donors (Lipinski definition) is 1. The fourth-order valence-corrected chi connectivity index (χ4v) is 2.12. The van der Waals surface area contributed by atoms with E-state index in [4.69, 9.17) is 0 Å². The molecule has 0 aliphatic heterocycles. The molecule has 0 aliphatic carbocycles. The van der Waals surface area contributed by atoms with Crippen LogP contribution in [0.4, 0.5) is 0 Å². The van der Waals surface area contributed by atoms with E-state index in [2.05, 4.69) is 5.32 Å². The van der Waals surface area contributed by atoms with Gasteiger partial charge in [0.1, 0.15) is 0 Å². The molecule has 18 heavy (non-hydrogen) atoms. The molecule has 4 heteroatoms. The minimum atomic E-state index is -1.02. The molecule has 0 spiro atoms. The Morgan fingerprint density at radius 3 is 2.28 bits per heavy atom. The summed E-state index contributed by atoms with van der Waals surface area (Å²) in [5.41, 5.74) is 1.65. The van der Waals surface area contributed by atoms with Gasteiger partial charge in [-0.15, -0.1) is 0 Å². The van der Waals surface area contributed by atoms with Gasteiger partial charge in [-0.3, -0.25) is 0 Å². The predicted octanol–water partition coefficient (Wildman–Crippen LogP) is 1.29. The summed E-state index contributed by atoms with van der Waals surface area (Å²) < 4.78 is 11.5. The summed E-state index contributed by atoms with van der Waals surface area (Å²) >= 11 is -1.02. The van der Waals surface area contributed by atoms with Gasteiger partial charge in [-0.25, -0.2) is 0 Å². The van der Waals surface area contributed by atoms with Crippen molar-refractivity contribution in [3.8, 4) is 0 Å². The van der Waals surface area contributed by atoms with Crippen molar-refractivity contribution in [2.45, 2.75) is 6.54 Å². The Bertz CT molecular complexity index is 537. The van der Waals surface area contributed by atoms with Crippen LogP contribution >= 0.6 is 0 Å². The summed E-state index contributed by atoms with van der Waals surface area (Å²) in [6, 6.07) is 16.6. The van der Waals surface area contributed by atoms with Crippen LogP contribution in [0.1, 0.15) is 15.9 Å². The Kier molecular flexibility index (Phi) is 4.43. The third-order valence-corrected chi connectivity index (χ3v) is 3.60. The first-order valence-electron chi connectivity index (χ1n) is 5.55. The number of hydrogen-bond acceptors (Lipinski definition) is 2. The molecule has 2 rings (SSSR count). The molecule has 0 aromatic heterocycles. The normalized spacial score (nSPS) is 10.2. The van der Waals surface area contributed by atoms with Gasteiger partial charge in [0.05, 0.1) is 0 Å². The van der Waals surface area contributed by atoms with Gasteiger partial charge in [0.15, 0.2) is 0 Å². The molecule has 0 heterocycles. The van der Waals surface area contributed by atoms with Crippen LogP contribution in [0.25, 0.3) is 0 Å². The van der Waals surface area contributed by atoms with Crippen molar-refractivity contribution in [3.63, 3.8) is 0 Å². The van der Waals surface area contributed by atoms with E-state index in [0.717, 1.165) is 9.91 Å². The third-order valence-electron chi connectivity index (χ3n) is 2.53. The predicted molar refractivity (Wildman–Crippen MR) is 70.1 cm³/mol. The molecule has 0 saturated carbocycles. The Balaban J connectivity index is 1.97. The first kappa shape index (κ1) is 12.7. The second kappa shape index (κ2) is 6.27. The monoisotopic (exact) mass is 301 g/mol. The molecular formula is C14H12AsNO2. The summed E-state index contributed by atoms with van der Waals surface area (Å²) in [5.74, 6) is -0.118. The second-order valence-electron chi connectivity index (χ2n) is 3.81. The number of amides is 1. The fourth-order valence-electron chi connectivity index (χ4n) is 1.55. The molecule has 1 amide bonds. The van der Waals surface area contributed by atoms with Gasteiger partial charge in [-0.05, 0) is 0 Å². The molecule has 0 saturated heterocycles. The number of benzene rings is 2. The molecule has 2 aromatic rings. The molecule has 90 valence electrons. The molecule has 0 bridgehead atoms. The number of nitrogens with one attached hydrogen (secondary N) is 1. The van der Waals surface area contributed by atoms with Gasteiger partial charge < -0.3 is 0 Å². The van der Waals surface area contributed by atoms with Crippen LogP contribution in [0.2, 0.25) is 0 Å². The van der Waals surface area contributed by atoms with Crippen LogP contribution in [-0.4, -0.2) is 21.6 Å². The van der Waals surface area contributed by atoms with Crippen LogP contribution in [0.3, 0.4) is 0 Å². The van der Waals surface area contributed by atoms with Crippen LogP contribution in [0.5, 0.6) is 0 Å². The molecular weight excluding hydrogens is 289 g/mol. The van der Waals surface area contributed by atoms with Gasteiger partial charge >= 0.3 is 112 Å². The molecule has 0 fully saturated rings. The third kappa shape index (κ3) is 3.38. The van der Waals surface area contributed by atoms with Crippen molar-refractivity contribution < 1.29 is 8.53 Å². The Morgan fingerprint density at radius 1 is 1.00 bits per heavy atom. The zero-order valence-corrected chi connectivity index (χ0v) is 11.5. The van der Waals surface area contributed by atoms with E-state index in [0.29, 0.717) is 12.1 Å². The van der Waals surface area contributed by atoms with Gasteiger partial charge in [0.2, 0.25) is 0 Å².